The Balaban J connectivity index is 1.48. The van der Waals surface area contributed by atoms with E-state index in [0.717, 1.165) is 38.1 Å². The molecule has 1 aliphatic heterocycles. The molecule has 1 aromatic carbocycles. The van der Waals surface area contributed by atoms with Crippen LogP contribution < -0.4 is 10.6 Å². The third-order valence-electron chi connectivity index (χ3n) is 4.57. The SMILES string of the molecule is O=C(NCCc1cccc(C(F)(F)F)c1)c1cn(C[C@@H]2CCCNC2)nn1. The number of halogens is 3. The second-order valence-corrected chi connectivity index (χ2v) is 6.74. The predicted molar refractivity (Wildman–Crippen MR) is 93.1 cm³/mol. The molecule has 1 saturated heterocycles. The molecule has 1 fully saturated rings. The monoisotopic (exact) mass is 381 g/mol. The van der Waals surface area contributed by atoms with Crippen molar-refractivity contribution in [1.82, 2.24) is 25.6 Å². The molecule has 0 saturated carbocycles. The third-order valence-corrected chi connectivity index (χ3v) is 4.57. The van der Waals surface area contributed by atoms with Gasteiger partial charge in [0.1, 0.15) is 0 Å². The summed E-state index contributed by atoms with van der Waals surface area (Å²) in [6, 6.07) is 5.10. The van der Waals surface area contributed by atoms with Gasteiger partial charge in [-0.3, -0.25) is 9.48 Å². The summed E-state index contributed by atoms with van der Waals surface area (Å²) in [4.78, 5) is 12.1. The minimum absolute atomic E-state index is 0.211. The topological polar surface area (TPSA) is 71.8 Å². The predicted octanol–water partition coefficient (Wildman–Crippen LogP) is 2.27. The van der Waals surface area contributed by atoms with Crippen molar-refractivity contribution in [2.75, 3.05) is 19.6 Å². The van der Waals surface area contributed by atoms with Crippen LogP contribution in [0.4, 0.5) is 13.2 Å². The molecule has 0 spiro atoms. The van der Waals surface area contributed by atoms with Crippen molar-refractivity contribution in [3.05, 3.63) is 47.3 Å². The number of hydrogen-bond acceptors (Lipinski definition) is 4. The molecule has 9 heteroatoms. The Labute approximate surface area is 155 Å². The molecule has 2 aromatic rings. The Morgan fingerprint density at radius 1 is 1.37 bits per heavy atom. The zero-order valence-corrected chi connectivity index (χ0v) is 14.8. The molecular weight excluding hydrogens is 359 g/mol. The molecule has 1 amide bonds. The Bertz CT molecular complexity index is 768. The van der Waals surface area contributed by atoms with Crippen molar-refractivity contribution in [2.24, 2.45) is 5.92 Å². The smallest absolute Gasteiger partial charge is 0.350 e. The fraction of sp³-hybridized carbons (Fsp3) is 0.500. The number of carbonyl (C=O) groups excluding carboxylic acids is 1. The first-order valence-corrected chi connectivity index (χ1v) is 8.97. The van der Waals surface area contributed by atoms with Crippen LogP contribution in [-0.2, 0) is 19.1 Å². The highest BCUT2D eigenvalue weighted by Gasteiger charge is 2.30. The van der Waals surface area contributed by atoms with E-state index in [9.17, 15) is 18.0 Å². The molecule has 27 heavy (non-hydrogen) atoms. The fourth-order valence-electron chi connectivity index (χ4n) is 3.15. The summed E-state index contributed by atoms with van der Waals surface area (Å²) in [6.07, 6.45) is -0.217. The second-order valence-electron chi connectivity index (χ2n) is 6.74. The molecular formula is C18H22F3N5O. The number of amides is 1. The molecule has 0 unspecified atom stereocenters. The van der Waals surface area contributed by atoms with Gasteiger partial charge in [-0.25, -0.2) is 0 Å². The maximum atomic E-state index is 12.7. The lowest BCUT2D eigenvalue weighted by Gasteiger charge is -2.22. The number of aromatic nitrogens is 3. The van der Waals surface area contributed by atoms with Crippen molar-refractivity contribution in [1.29, 1.82) is 0 Å². The summed E-state index contributed by atoms with van der Waals surface area (Å²) in [5.74, 6) is 0.0901. The third kappa shape index (κ3) is 5.53. The highest BCUT2D eigenvalue weighted by Crippen LogP contribution is 2.29. The minimum Gasteiger partial charge on any atom is -0.350 e. The first-order chi connectivity index (χ1) is 12.9. The molecule has 0 radical (unpaired) electrons. The van der Waals surface area contributed by atoms with Gasteiger partial charge in [-0.05, 0) is 49.9 Å². The van der Waals surface area contributed by atoms with Crippen LogP contribution in [0.1, 0.15) is 34.5 Å². The van der Waals surface area contributed by atoms with Crippen LogP contribution in [0.3, 0.4) is 0 Å². The first kappa shape index (κ1) is 19.3. The standard InChI is InChI=1S/C18H22F3N5O/c19-18(20,21)15-5-1-3-13(9-15)6-8-23-17(27)16-12-26(25-24-16)11-14-4-2-7-22-10-14/h1,3,5,9,12,14,22H,2,4,6-8,10-11H2,(H,23,27)/t14-/m1/s1. The Morgan fingerprint density at radius 3 is 2.96 bits per heavy atom. The summed E-state index contributed by atoms with van der Waals surface area (Å²) in [6.45, 7) is 2.89. The lowest BCUT2D eigenvalue weighted by atomic mass is 10.00. The van der Waals surface area contributed by atoms with Gasteiger partial charge in [-0.15, -0.1) is 5.10 Å². The Morgan fingerprint density at radius 2 is 2.22 bits per heavy atom. The molecule has 3 rings (SSSR count). The van der Waals surface area contributed by atoms with E-state index in [2.05, 4.69) is 20.9 Å². The van der Waals surface area contributed by atoms with Crippen LogP contribution in [0.5, 0.6) is 0 Å². The van der Waals surface area contributed by atoms with E-state index in [1.165, 1.54) is 6.07 Å². The van der Waals surface area contributed by atoms with Gasteiger partial charge >= 0.3 is 6.18 Å². The van der Waals surface area contributed by atoms with E-state index in [1.807, 2.05) is 0 Å². The number of carbonyl (C=O) groups is 1. The minimum atomic E-state index is -4.37. The number of rotatable bonds is 6. The number of piperidine rings is 1. The average Bonchev–Trinajstić information content (AvgIpc) is 3.11. The van der Waals surface area contributed by atoms with Crippen molar-refractivity contribution in [2.45, 2.75) is 32.0 Å². The molecule has 2 heterocycles. The quantitative estimate of drug-likeness (QED) is 0.805. The summed E-state index contributed by atoms with van der Waals surface area (Å²) < 4.78 is 39.8. The van der Waals surface area contributed by atoms with Crippen molar-refractivity contribution in [3.8, 4) is 0 Å². The summed E-state index contributed by atoms with van der Waals surface area (Å²) >= 11 is 0. The zero-order chi connectivity index (χ0) is 19.3. The summed E-state index contributed by atoms with van der Waals surface area (Å²) in [7, 11) is 0. The van der Waals surface area contributed by atoms with Crippen LogP contribution in [0.25, 0.3) is 0 Å². The van der Waals surface area contributed by atoms with Crippen molar-refractivity contribution >= 4 is 5.91 Å². The van der Waals surface area contributed by atoms with Crippen LogP contribution in [0, 0.1) is 5.92 Å². The van der Waals surface area contributed by atoms with Gasteiger partial charge < -0.3 is 10.6 Å². The van der Waals surface area contributed by atoms with E-state index in [0.29, 0.717) is 24.4 Å². The molecule has 6 nitrogen and oxygen atoms in total. The van der Waals surface area contributed by atoms with Crippen molar-refractivity contribution < 1.29 is 18.0 Å². The van der Waals surface area contributed by atoms with E-state index >= 15 is 0 Å². The highest BCUT2D eigenvalue weighted by molar-refractivity contribution is 5.91. The molecule has 1 aromatic heterocycles. The molecule has 0 bridgehead atoms. The van der Waals surface area contributed by atoms with Crippen molar-refractivity contribution in [3.63, 3.8) is 0 Å². The number of benzene rings is 1. The number of hydrogen-bond donors (Lipinski definition) is 2. The first-order valence-electron chi connectivity index (χ1n) is 8.97. The summed E-state index contributed by atoms with van der Waals surface area (Å²) in [5.41, 5.74) is 0.0351. The maximum Gasteiger partial charge on any atom is 0.416 e. The lowest BCUT2D eigenvalue weighted by Crippen LogP contribution is -2.32. The normalized spacial score (nSPS) is 17.7. The van der Waals surface area contributed by atoms with Gasteiger partial charge in [0.25, 0.3) is 5.91 Å². The van der Waals surface area contributed by atoms with Crippen LogP contribution >= 0.6 is 0 Å². The van der Waals surface area contributed by atoms with E-state index < -0.39 is 11.7 Å². The number of nitrogens with one attached hydrogen (secondary N) is 2. The zero-order valence-electron chi connectivity index (χ0n) is 14.8. The van der Waals surface area contributed by atoms with E-state index in [1.54, 1.807) is 16.9 Å². The number of nitrogens with zero attached hydrogens (tertiary/aromatic N) is 3. The van der Waals surface area contributed by atoms with Crippen LogP contribution in [-0.4, -0.2) is 40.5 Å². The molecule has 2 N–H and O–H groups in total. The molecule has 1 aliphatic rings. The van der Waals surface area contributed by atoms with Gasteiger partial charge in [0, 0.05) is 13.1 Å². The van der Waals surface area contributed by atoms with Gasteiger partial charge in [0.2, 0.25) is 0 Å². The fourth-order valence-corrected chi connectivity index (χ4v) is 3.15. The van der Waals surface area contributed by atoms with Gasteiger partial charge in [-0.2, -0.15) is 13.2 Å². The summed E-state index contributed by atoms with van der Waals surface area (Å²) in [5, 5.41) is 13.9. The maximum absolute atomic E-state index is 12.7. The van der Waals surface area contributed by atoms with E-state index in [4.69, 9.17) is 0 Å². The highest BCUT2D eigenvalue weighted by atomic mass is 19.4. The Kier molecular flexibility index (Phi) is 6.10. The van der Waals surface area contributed by atoms with Gasteiger partial charge in [0.05, 0.1) is 11.8 Å². The average molecular weight is 381 g/mol. The molecule has 0 aliphatic carbocycles. The van der Waals surface area contributed by atoms with Gasteiger partial charge in [0.15, 0.2) is 5.69 Å². The van der Waals surface area contributed by atoms with E-state index in [-0.39, 0.29) is 18.1 Å². The Hall–Kier alpha value is -2.42. The lowest BCUT2D eigenvalue weighted by molar-refractivity contribution is -0.137. The molecule has 1 atom stereocenters. The van der Waals surface area contributed by atoms with Crippen LogP contribution in [0.15, 0.2) is 30.5 Å². The van der Waals surface area contributed by atoms with Gasteiger partial charge in [-0.1, -0.05) is 23.4 Å². The largest absolute Gasteiger partial charge is 0.416 e. The molecule has 146 valence electrons. The number of alkyl halides is 3. The van der Waals surface area contributed by atoms with Crippen LogP contribution in [0.2, 0.25) is 0 Å². The second kappa shape index (κ2) is 8.51.